The van der Waals surface area contributed by atoms with Gasteiger partial charge in [-0.1, -0.05) is 13.3 Å². The molecule has 1 N–H and O–H groups in total. The van der Waals surface area contributed by atoms with Crippen LogP contribution in [0.1, 0.15) is 26.7 Å². The van der Waals surface area contributed by atoms with E-state index in [0.717, 1.165) is 18.7 Å². The number of allylic oxidation sites excluding steroid dienone is 1. The van der Waals surface area contributed by atoms with Crippen LogP contribution in [0.2, 0.25) is 0 Å². The van der Waals surface area contributed by atoms with Crippen LogP contribution in [0.3, 0.4) is 0 Å². The lowest BCUT2D eigenvalue weighted by atomic mass is 10.3. The monoisotopic (exact) mass is 184 g/mol. The molecule has 76 valence electrons. The fourth-order valence-corrected chi connectivity index (χ4v) is 0.828. The maximum absolute atomic E-state index is 11.2. The van der Waals surface area contributed by atoms with Crippen molar-refractivity contribution in [3.05, 3.63) is 11.8 Å². The summed E-state index contributed by atoms with van der Waals surface area (Å²) in [6.45, 7) is 5.00. The van der Waals surface area contributed by atoms with Crippen LogP contribution in [0.5, 0.6) is 0 Å². The lowest BCUT2D eigenvalue weighted by Gasteiger charge is -2.09. The van der Waals surface area contributed by atoms with Crippen molar-refractivity contribution < 1.29 is 4.79 Å². The topological polar surface area (TPSA) is 32.3 Å². The van der Waals surface area contributed by atoms with E-state index >= 15 is 0 Å². The number of rotatable bonds is 5. The zero-order chi connectivity index (χ0) is 10.3. The van der Waals surface area contributed by atoms with E-state index in [0.29, 0.717) is 0 Å². The fraction of sp³-hybridized carbons (Fsp3) is 0.700. The van der Waals surface area contributed by atoms with Crippen LogP contribution >= 0.6 is 0 Å². The Labute approximate surface area is 80.8 Å². The van der Waals surface area contributed by atoms with Crippen molar-refractivity contribution in [3.8, 4) is 0 Å². The van der Waals surface area contributed by atoms with E-state index in [9.17, 15) is 4.79 Å². The second-order valence-electron chi connectivity index (χ2n) is 3.34. The molecule has 3 nitrogen and oxygen atoms in total. The molecule has 0 atom stereocenters. The normalized spacial score (nSPS) is 11.2. The number of carbonyl (C=O) groups excluding carboxylic acids is 1. The molecule has 0 rings (SSSR count). The molecule has 0 aromatic rings. The van der Waals surface area contributed by atoms with Crippen LogP contribution in [0.15, 0.2) is 11.8 Å². The first-order valence-corrected chi connectivity index (χ1v) is 4.71. The van der Waals surface area contributed by atoms with Crippen molar-refractivity contribution >= 4 is 5.91 Å². The summed E-state index contributed by atoms with van der Waals surface area (Å²) < 4.78 is 0. The summed E-state index contributed by atoms with van der Waals surface area (Å²) in [7, 11) is 3.50. The third-order valence-corrected chi connectivity index (χ3v) is 1.71. The fourth-order valence-electron chi connectivity index (χ4n) is 0.828. The third kappa shape index (κ3) is 6.20. The number of hydrogen-bond donors (Lipinski definition) is 1. The van der Waals surface area contributed by atoms with Crippen LogP contribution < -0.4 is 5.32 Å². The van der Waals surface area contributed by atoms with Crippen molar-refractivity contribution in [1.82, 2.24) is 10.2 Å². The molecule has 0 fully saturated rings. The Hall–Kier alpha value is -0.990. The molecule has 0 aliphatic carbocycles. The largest absolute Gasteiger partial charge is 0.388 e. The van der Waals surface area contributed by atoms with Crippen molar-refractivity contribution in [1.29, 1.82) is 0 Å². The van der Waals surface area contributed by atoms with Gasteiger partial charge in [0.15, 0.2) is 0 Å². The molecular formula is C10H20N2O. The molecule has 0 aliphatic rings. The van der Waals surface area contributed by atoms with Crippen LogP contribution in [0, 0.1) is 0 Å². The Bertz CT molecular complexity index is 185. The Morgan fingerprint density at radius 3 is 2.54 bits per heavy atom. The Balaban J connectivity index is 3.81. The summed E-state index contributed by atoms with van der Waals surface area (Å²) >= 11 is 0. The number of amides is 1. The van der Waals surface area contributed by atoms with Crippen LogP contribution in [0.4, 0.5) is 0 Å². The number of unbranched alkanes of at least 4 members (excludes halogenated alkanes) is 1. The average molecular weight is 184 g/mol. The first kappa shape index (κ1) is 12.0. The minimum atomic E-state index is 0.0292. The standard InChI is InChI=1S/C10H20N2O/c1-5-6-7-11-9(2)8-10(13)12(3)4/h8,11H,5-7H2,1-4H3. The zero-order valence-corrected chi connectivity index (χ0v) is 9.05. The molecule has 0 saturated heterocycles. The molecule has 1 amide bonds. The number of likely N-dealkylation sites (N-methyl/N-ethyl adjacent to an activating group) is 1. The first-order chi connectivity index (χ1) is 6.07. The highest BCUT2D eigenvalue weighted by molar-refractivity contribution is 5.87. The lowest BCUT2D eigenvalue weighted by molar-refractivity contribution is -0.123. The molecule has 0 heterocycles. The second kappa shape index (κ2) is 6.52. The SMILES string of the molecule is CCCCNC(C)=CC(=O)N(C)C. The number of nitrogens with zero attached hydrogens (tertiary/aromatic N) is 1. The highest BCUT2D eigenvalue weighted by atomic mass is 16.2. The van der Waals surface area contributed by atoms with Crippen molar-refractivity contribution in [2.75, 3.05) is 20.6 Å². The summed E-state index contributed by atoms with van der Waals surface area (Å²) in [4.78, 5) is 12.8. The average Bonchev–Trinajstić information content (AvgIpc) is 2.04. The summed E-state index contributed by atoms with van der Waals surface area (Å²) in [6, 6.07) is 0. The van der Waals surface area contributed by atoms with E-state index in [2.05, 4.69) is 12.2 Å². The maximum Gasteiger partial charge on any atom is 0.247 e. The van der Waals surface area contributed by atoms with Gasteiger partial charge in [-0.15, -0.1) is 0 Å². The van der Waals surface area contributed by atoms with Gasteiger partial charge in [0.25, 0.3) is 0 Å². The summed E-state index contributed by atoms with van der Waals surface area (Å²) in [6.07, 6.45) is 3.93. The Morgan fingerprint density at radius 2 is 2.08 bits per heavy atom. The van der Waals surface area contributed by atoms with Gasteiger partial charge in [0.1, 0.15) is 0 Å². The van der Waals surface area contributed by atoms with Crippen LogP contribution in [-0.4, -0.2) is 31.4 Å². The van der Waals surface area contributed by atoms with Gasteiger partial charge in [0.05, 0.1) is 0 Å². The van der Waals surface area contributed by atoms with Gasteiger partial charge >= 0.3 is 0 Å². The molecule has 0 spiro atoms. The van der Waals surface area contributed by atoms with Crippen LogP contribution in [0.25, 0.3) is 0 Å². The summed E-state index contributed by atoms with van der Waals surface area (Å²) in [5.41, 5.74) is 0.937. The first-order valence-electron chi connectivity index (χ1n) is 4.71. The number of hydrogen-bond acceptors (Lipinski definition) is 2. The molecule has 0 aromatic heterocycles. The van der Waals surface area contributed by atoms with Gasteiger partial charge in [-0.05, 0) is 13.3 Å². The summed E-state index contributed by atoms with van der Waals surface area (Å²) in [5, 5.41) is 3.18. The zero-order valence-electron chi connectivity index (χ0n) is 9.05. The quantitative estimate of drug-likeness (QED) is 0.517. The predicted molar refractivity (Wildman–Crippen MR) is 55.4 cm³/mol. The molecular weight excluding hydrogens is 164 g/mol. The maximum atomic E-state index is 11.2. The van der Waals surface area contributed by atoms with E-state index in [4.69, 9.17) is 0 Å². The molecule has 0 bridgehead atoms. The predicted octanol–water partition coefficient (Wildman–Crippen LogP) is 1.37. The van der Waals surface area contributed by atoms with E-state index in [1.807, 2.05) is 6.92 Å². The highest BCUT2D eigenvalue weighted by Gasteiger charge is 1.98. The minimum absolute atomic E-state index is 0.0292. The van der Waals surface area contributed by atoms with Gasteiger partial charge in [-0.3, -0.25) is 4.79 Å². The summed E-state index contributed by atoms with van der Waals surface area (Å²) in [5.74, 6) is 0.0292. The van der Waals surface area contributed by atoms with E-state index in [1.54, 1.807) is 25.1 Å². The molecule has 13 heavy (non-hydrogen) atoms. The second-order valence-corrected chi connectivity index (χ2v) is 3.34. The number of carbonyl (C=O) groups is 1. The molecule has 0 saturated carbocycles. The molecule has 3 heteroatoms. The van der Waals surface area contributed by atoms with E-state index in [-0.39, 0.29) is 5.91 Å². The lowest BCUT2D eigenvalue weighted by Crippen LogP contribution is -2.22. The molecule has 0 aliphatic heterocycles. The van der Waals surface area contributed by atoms with Crippen molar-refractivity contribution in [3.63, 3.8) is 0 Å². The molecule has 0 aromatic carbocycles. The van der Waals surface area contributed by atoms with E-state index in [1.165, 1.54) is 6.42 Å². The Kier molecular flexibility index (Phi) is 6.02. The van der Waals surface area contributed by atoms with Gasteiger partial charge in [-0.2, -0.15) is 0 Å². The van der Waals surface area contributed by atoms with E-state index < -0.39 is 0 Å². The highest BCUT2D eigenvalue weighted by Crippen LogP contribution is 1.91. The Morgan fingerprint density at radius 1 is 1.46 bits per heavy atom. The molecule has 0 radical (unpaired) electrons. The van der Waals surface area contributed by atoms with Gasteiger partial charge in [0.2, 0.25) is 5.91 Å². The van der Waals surface area contributed by atoms with Crippen LogP contribution in [-0.2, 0) is 4.79 Å². The molecule has 0 unspecified atom stereocenters. The van der Waals surface area contributed by atoms with Crippen molar-refractivity contribution in [2.24, 2.45) is 0 Å². The van der Waals surface area contributed by atoms with Crippen molar-refractivity contribution in [2.45, 2.75) is 26.7 Å². The minimum Gasteiger partial charge on any atom is -0.388 e. The van der Waals surface area contributed by atoms with Gasteiger partial charge in [0, 0.05) is 32.4 Å². The smallest absolute Gasteiger partial charge is 0.247 e. The third-order valence-electron chi connectivity index (χ3n) is 1.71. The van der Waals surface area contributed by atoms with Gasteiger partial charge in [-0.25, -0.2) is 0 Å². The van der Waals surface area contributed by atoms with Gasteiger partial charge < -0.3 is 10.2 Å². The number of nitrogens with one attached hydrogen (secondary N) is 1.